The van der Waals surface area contributed by atoms with E-state index in [1.165, 1.54) is 11.1 Å². The fourth-order valence-corrected chi connectivity index (χ4v) is 3.26. The number of benzene rings is 1. The summed E-state index contributed by atoms with van der Waals surface area (Å²) in [6, 6.07) is 8.36. The second-order valence-electron chi connectivity index (χ2n) is 6.60. The molecule has 4 nitrogen and oxygen atoms in total. The maximum absolute atomic E-state index is 12.1. The molecule has 0 aromatic heterocycles. The van der Waals surface area contributed by atoms with Crippen LogP contribution in [-0.4, -0.2) is 35.7 Å². The van der Waals surface area contributed by atoms with Crippen LogP contribution in [0.15, 0.2) is 24.3 Å². The maximum atomic E-state index is 12.1. The Balaban J connectivity index is 1.78. The summed E-state index contributed by atoms with van der Waals surface area (Å²) in [5, 5.41) is 15.8. The van der Waals surface area contributed by atoms with Crippen molar-refractivity contribution in [1.29, 1.82) is 0 Å². The first-order chi connectivity index (χ1) is 10.5. The quantitative estimate of drug-likeness (QED) is 0.721. The van der Waals surface area contributed by atoms with Gasteiger partial charge in [0.2, 0.25) is 5.91 Å². The SMILES string of the molecule is Cc1ccccc1CC(C)NC(=O)CNC1(CO)CCCC1. The van der Waals surface area contributed by atoms with E-state index in [1.807, 2.05) is 19.1 Å². The average molecular weight is 304 g/mol. The number of rotatable bonds is 7. The van der Waals surface area contributed by atoms with E-state index in [0.717, 1.165) is 32.1 Å². The summed E-state index contributed by atoms with van der Waals surface area (Å²) in [4.78, 5) is 12.1. The standard InChI is InChI=1S/C18H28N2O2/c1-14-7-3-4-8-16(14)11-15(2)20-17(22)12-19-18(13-21)9-5-6-10-18/h3-4,7-8,15,19,21H,5-6,9-13H2,1-2H3,(H,20,22). The van der Waals surface area contributed by atoms with Crippen molar-refractivity contribution in [2.45, 2.75) is 57.5 Å². The third kappa shape index (κ3) is 4.55. The number of nitrogens with one attached hydrogen (secondary N) is 2. The fraction of sp³-hybridized carbons (Fsp3) is 0.611. The Morgan fingerprint density at radius 3 is 2.64 bits per heavy atom. The van der Waals surface area contributed by atoms with Gasteiger partial charge >= 0.3 is 0 Å². The molecule has 1 fully saturated rings. The Morgan fingerprint density at radius 1 is 1.32 bits per heavy atom. The minimum absolute atomic E-state index is 0.000749. The zero-order valence-corrected chi connectivity index (χ0v) is 13.7. The summed E-state index contributed by atoms with van der Waals surface area (Å²) in [5.74, 6) is 0.000749. The monoisotopic (exact) mass is 304 g/mol. The number of aliphatic hydroxyl groups excluding tert-OH is 1. The van der Waals surface area contributed by atoms with Gasteiger partial charge < -0.3 is 15.7 Å². The molecule has 0 aliphatic heterocycles. The van der Waals surface area contributed by atoms with Crippen LogP contribution < -0.4 is 10.6 Å². The summed E-state index contributed by atoms with van der Waals surface area (Å²) < 4.78 is 0. The molecule has 1 aliphatic carbocycles. The topological polar surface area (TPSA) is 61.4 Å². The first-order valence-electron chi connectivity index (χ1n) is 8.24. The summed E-state index contributed by atoms with van der Waals surface area (Å²) >= 11 is 0. The first-order valence-corrected chi connectivity index (χ1v) is 8.24. The minimum atomic E-state index is -0.239. The van der Waals surface area contributed by atoms with Gasteiger partial charge in [0.05, 0.1) is 13.2 Å². The van der Waals surface area contributed by atoms with Gasteiger partial charge in [0.15, 0.2) is 0 Å². The molecule has 1 aliphatic rings. The van der Waals surface area contributed by atoms with Crippen molar-refractivity contribution in [2.75, 3.05) is 13.2 Å². The van der Waals surface area contributed by atoms with Crippen molar-refractivity contribution >= 4 is 5.91 Å². The Morgan fingerprint density at radius 2 is 2.00 bits per heavy atom. The van der Waals surface area contributed by atoms with Gasteiger partial charge in [-0.25, -0.2) is 0 Å². The lowest BCUT2D eigenvalue weighted by atomic mass is 9.99. The molecule has 2 rings (SSSR count). The van der Waals surface area contributed by atoms with Gasteiger partial charge in [-0.2, -0.15) is 0 Å². The lowest BCUT2D eigenvalue weighted by molar-refractivity contribution is -0.121. The van der Waals surface area contributed by atoms with Crippen LogP contribution in [0.4, 0.5) is 0 Å². The van der Waals surface area contributed by atoms with E-state index < -0.39 is 0 Å². The summed E-state index contributed by atoms with van der Waals surface area (Å²) in [7, 11) is 0. The summed E-state index contributed by atoms with van der Waals surface area (Å²) in [5.41, 5.74) is 2.29. The van der Waals surface area contributed by atoms with Crippen molar-refractivity contribution in [3.8, 4) is 0 Å². The molecular formula is C18H28N2O2. The van der Waals surface area contributed by atoms with Crippen molar-refractivity contribution in [2.24, 2.45) is 0 Å². The maximum Gasteiger partial charge on any atom is 0.234 e. The van der Waals surface area contributed by atoms with Gasteiger partial charge in [-0.1, -0.05) is 37.1 Å². The Hall–Kier alpha value is -1.39. The third-order valence-electron chi connectivity index (χ3n) is 4.68. The molecule has 0 heterocycles. The van der Waals surface area contributed by atoms with Gasteiger partial charge in [0.1, 0.15) is 0 Å². The van der Waals surface area contributed by atoms with Crippen LogP contribution in [0.25, 0.3) is 0 Å². The van der Waals surface area contributed by atoms with E-state index in [0.29, 0.717) is 0 Å². The van der Waals surface area contributed by atoms with Crippen LogP contribution in [-0.2, 0) is 11.2 Å². The van der Waals surface area contributed by atoms with E-state index >= 15 is 0 Å². The highest BCUT2D eigenvalue weighted by molar-refractivity contribution is 5.78. The number of carbonyl (C=O) groups is 1. The number of hydrogen-bond donors (Lipinski definition) is 3. The van der Waals surface area contributed by atoms with Crippen LogP contribution in [0, 0.1) is 6.92 Å². The third-order valence-corrected chi connectivity index (χ3v) is 4.68. The molecule has 1 amide bonds. The van der Waals surface area contributed by atoms with Crippen LogP contribution in [0.5, 0.6) is 0 Å². The van der Waals surface area contributed by atoms with Gasteiger partial charge in [0.25, 0.3) is 0 Å². The Labute approximate surface area is 133 Å². The van der Waals surface area contributed by atoms with Crippen LogP contribution in [0.3, 0.4) is 0 Å². The van der Waals surface area contributed by atoms with Crippen molar-refractivity contribution in [1.82, 2.24) is 10.6 Å². The fourth-order valence-electron chi connectivity index (χ4n) is 3.26. The molecule has 1 aromatic rings. The van der Waals surface area contributed by atoms with E-state index in [-0.39, 0.29) is 30.6 Å². The lowest BCUT2D eigenvalue weighted by Gasteiger charge is -2.28. The van der Waals surface area contributed by atoms with Crippen LogP contribution in [0.2, 0.25) is 0 Å². The van der Waals surface area contributed by atoms with Crippen molar-refractivity contribution in [3.05, 3.63) is 35.4 Å². The molecule has 0 spiro atoms. The molecule has 22 heavy (non-hydrogen) atoms. The molecule has 0 bridgehead atoms. The van der Waals surface area contributed by atoms with Gasteiger partial charge in [0, 0.05) is 11.6 Å². The Kier molecular flexibility index (Phi) is 5.98. The predicted molar refractivity (Wildman–Crippen MR) is 88.8 cm³/mol. The van der Waals surface area contributed by atoms with Gasteiger partial charge in [-0.15, -0.1) is 0 Å². The second kappa shape index (κ2) is 7.75. The smallest absolute Gasteiger partial charge is 0.234 e. The number of amides is 1. The van der Waals surface area contributed by atoms with Gasteiger partial charge in [-0.3, -0.25) is 4.79 Å². The molecule has 0 radical (unpaired) electrons. The molecule has 1 unspecified atom stereocenters. The highest BCUT2D eigenvalue weighted by Gasteiger charge is 2.32. The van der Waals surface area contributed by atoms with E-state index in [4.69, 9.17) is 0 Å². The van der Waals surface area contributed by atoms with E-state index in [1.54, 1.807) is 0 Å². The zero-order chi connectivity index (χ0) is 16.0. The highest BCUT2D eigenvalue weighted by atomic mass is 16.3. The molecule has 1 saturated carbocycles. The van der Waals surface area contributed by atoms with Gasteiger partial charge in [-0.05, 0) is 44.2 Å². The van der Waals surface area contributed by atoms with Crippen LogP contribution >= 0.6 is 0 Å². The van der Waals surface area contributed by atoms with Crippen molar-refractivity contribution in [3.63, 3.8) is 0 Å². The zero-order valence-electron chi connectivity index (χ0n) is 13.7. The molecule has 3 N–H and O–H groups in total. The molecule has 1 atom stereocenters. The average Bonchev–Trinajstić information content (AvgIpc) is 2.97. The van der Waals surface area contributed by atoms with E-state index in [9.17, 15) is 9.90 Å². The number of carbonyl (C=O) groups excluding carboxylic acids is 1. The van der Waals surface area contributed by atoms with Crippen molar-refractivity contribution < 1.29 is 9.90 Å². The highest BCUT2D eigenvalue weighted by Crippen LogP contribution is 2.28. The first kappa shape index (κ1) is 17.0. The minimum Gasteiger partial charge on any atom is -0.394 e. The molecule has 122 valence electrons. The second-order valence-corrected chi connectivity index (χ2v) is 6.60. The normalized spacial score (nSPS) is 18.1. The number of aryl methyl sites for hydroxylation is 1. The molecule has 1 aromatic carbocycles. The summed E-state index contributed by atoms with van der Waals surface area (Å²) in [6.07, 6.45) is 4.99. The predicted octanol–water partition coefficient (Wildman–Crippen LogP) is 1.94. The van der Waals surface area contributed by atoms with Crippen LogP contribution in [0.1, 0.15) is 43.7 Å². The largest absolute Gasteiger partial charge is 0.394 e. The molecule has 4 heteroatoms. The lowest BCUT2D eigenvalue weighted by Crippen LogP contribution is -2.51. The molecular weight excluding hydrogens is 276 g/mol. The summed E-state index contributed by atoms with van der Waals surface area (Å²) in [6.45, 7) is 4.51. The number of aliphatic hydroxyl groups is 1. The molecule has 0 saturated heterocycles. The van der Waals surface area contributed by atoms with E-state index in [2.05, 4.69) is 29.7 Å². The Bertz CT molecular complexity index is 496. The number of hydrogen-bond acceptors (Lipinski definition) is 3.